The van der Waals surface area contributed by atoms with E-state index in [0.29, 0.717) is 17.7 Å². The summed E-state index contributed by atoms with van der Waals surface area (Å²) in [6.45, 7) is 3.62. The van der Waals surface area contributed by atoms with E-state index in [1.54, 1.807) is 6.07 Å². The summed E-state index contributed by atoms with van der Waals surface area (Å²) in [5.41, 5.74) is 1.08. The van der Waals surface area contributed by atoms with Crippen LogP contribution in [0.2, 0.25) is 0 Å². The molecule has 0 radical (unpaired) electrons. The number of nitrogens with zero attached hydrogens (tertiary/aromatic N) is 1. The monoisotopic (exact) mass is 264 g/mol. The van der Waals surface area contributed by atoms with Crippen LogP contribution in [-0.4, -0.2) is 17.0 Å². The molecule has 1 aliphatic heterocycles. The van der Waals surface area contributed by atoms with Gasteiger partial charge in [-0.1, -0.05) is 0 Å². The molecular weight excluding hydrogens is 247 g/mol. The predicted octanol–water partition coefficient (Wildman–Crippen LogP) is 3.07. The van der Waals surface area contributed by atoms with E-state index in [1.807, 2.05) is 17.8 Å². The number of hydrogen-bond donors (Lipinski definition) is 1. The van der Waals surface area contributed by atoms with E-state index >= 15 is 0 Å². The molecule has 1 fully saturated rings. The molecule has 1 aromatic carbocycles. The number of thioether (sulfide) groups is 1. The van der Waals surface area contributed by atoms with E-state index in [-0.39, 0.29) is 10.6 Å². The Morgan fingerprint density at radius 1 is 1.56 bits per heavy atom. The summed E-state index contributed by atoms with van der Waals surface area (Å²) in [6, 6.07) is 6.52. The average Bonchev–Trinajstić information content (AvgIpc) is 2.79. The van der Waals surface area contributed by atoms with Gasteiger partial charge >= 0.3 is 0 Å². The van der Waals surface area contributed by atoms with Crippen LogP contribution in [-0.2, 0) is 6.54 Å². The third-order valence-electron chi connectivity index (χ3n) is 3.29. The lowest BCUT2D eigenvalue weighted by Gasteiger charge is -2.23. The number of halogens is 1. The van der Waals surface area contributed by atoms with E-state index in [4.69, 9.17) is 5.26 Å². The van der Waals surface area contributed by atoms with Gasteiger partial charge in [0.15, 0.2) is 0 Å². The molecule has 1 saturated heterocycles. The van der Waals surface area contributed by atoms with Crippen molar-refractivity contribution in [2.24, 2.45) is 0 Å². The lowest BCUT2D eigenvalue weighted by molar-refractivity contribution is 0.524. The number of rotatable bonds is 4. The van der Waals surface area contributed by atoms with Crippen molar-refractivity contribution in [3.63, 3.8) is 0 Å². The fraction of sp³-hybridized carbons (Fsp3) is 0.500. The van der Waals surface area contributed by atoms with Crippen LogP contribution in [0.4, 0.5) is 4.39 Å². The number of nitriles is 1. The maximum Gasteiger partial charge on any atom is 0.127 e. The molecule has 0 aromatic heterocycles. The highest BCUT2D eigenvalue weighted by molar-refractivity contribution is 8.00. The predicted molar refractivity (Wildman–Crippen MR) is 72.9 cm³/mol. The van der Waals surface area contributed by atoms with Gasteiger partial charge in [-0.25, -0.2) is 4.39 Å². The summed E-state index contributed by atoms with van der Waals surface area (Å²) >= 11 is 1.98. The Kier molecular flexibility index (Phi) is 4.26. The summed E-state index contributed by atoms with van der Waals surface area (Å²) in [5.74, 6) is 0.974. The molecule has 1 atom stereocenters. The molecule has 1 heterocycles. The number of benzene rings is 1. The minimum Gasteiger partial charge on any atom is -0.311 e. The number of hydrogen-bond acceptors (Lipinski definition) is 3. The zero-order valence-corrected chi connectivity index (χ0v) is 11.3. The second-order valence-corrected chi connectivity index (χ2v) is 6.61. The van der Waals surface area contributed by atoms with Crippen molar-refractivity contribution in [2.45, 2.75) is 31.1 Å². The lowest BCUT2D eigenvalue weighted by Crippen LogP contribution is -2.32. The molecule has 0 bridgehead atoms. The molecule has 1 unspecified atom stereocenters. The standard InChI is InChI=1S/C14H17FN2S/c1-14(5-2-6-18-14)10-17-9-12-7-11(8-16)3-4-13(12)15/h3-4,7,17H,2,5-6,9-10H2,1H3. The molecule has 0 amide bonds. The van der Waals surface area contributed by atoms with Crippen LogP contribution in [0.1, 0.15) is 30.9 Å². The topological polar surface area (TPSA) is 35.8 Å². The molecule has 2 rings (SSSR count). The average molecular weight is 264 g/mol. The Morgan fingerprint density at radius 2 is 2.39 bits per heavy atom. The molecule has 1 aromatic rings. The lowest BCUT2D eigenvalue weighted by atomic mass is 10.1. The van der Waals surface area contributed by atoms with Crippen LogP contribution >= 0.6 is 11.8 Å². The van der Waals surface area contributed by atoms with Crippen molar-refractivity contribution in [3.05, 3.63) is 35.1 Å². The van der Waals surface area contributed by atoms with Crippen LogP contribution in [0.25, 0.3) is 0 Å². The molecule has 96 valence electrons. The van der Waals surface area contributed by atoms with Gasteiger partial charge in [0.2, 0.25) is 0 Å². The van der Waals surface area contributed by atoms with E-state index in [9.17, 15) is 4.39 Å². The van der Waals surface area contributed by atoms with Crippen LogP contribution in [0.15, 0.2) is 18.2 Å². The van der Waals surface area contributed by atoms with E-state index in [1.165, 1.54) is 30.7 Å². The Labute approximate surface area is 112 Å². The van der Waals surface area contributed by atoms with Crippen molar-refractivity contribution >= 4 is 11.8 Å². The molecule has 0 saturated carbocycles. The van der Waals surface area contributed by atoms with Crippen LogP contribution in [0, 0.1) is 17.1 Å². The Bertz CT molecular complexity index is 461. The molecule has 4 heteroatoms. The molecule has 1 N–H and O–H groups in total. The van der Waals surface area contributed by atoms with Crippen molar-refractivity contribution in [1.29, 1.82) is 5.26 Å². The minimum atomic E-state index is -0.245. The molecule has 0 spiro atoms. The minimum absolute atomic E-state index is 0.245. The van der Waals surface area contributed by atoms with Crippen LogP contribution < -0.4 is 5.32 Å². The van der Waals surface area contributed by atoms with E-state index in [0.717, 1.165) is 6.54 Å². The van der Waals surface area contributed by atoms with Gasteiger partial charge in [0.1, 0.15) is 5.82 Å². The van der Waals surface area contributed by atoms with E-state index in [2.05, 4.69) is 12.2 Å². The summed E-state index contributed by atoms with van der Waals surface area (Å²) in [5, 5.41) is 12.1. The molecule has 0 aliphatic carbocycles. The summed E-state index contributed by atoms with van der Waals surface area (Å²) in [7, 11) is 0. The molecule has 18 heavy (non-hydrogen) atoms. The first-order valence-electron chi connectivity index (χ1n) is 6.16. The third-order valence-corrected chi connectivity index (χ3v) is 4.83. The highest BCUT2D eigenvalue weighted by Gasteiger charge is 2.28. The van der Waals surface area contributed by atoms with Crippen molar-refractivity contribution < 1.29 is 4.39 Å². The first-order valence-corrected chi connectivity index (χ1v) is 7.15. The van der Waals surface area contributed by atoms with E-state index < -0.39 is 0 Å². The summed E-state index contributed by atoms with van der Waals surface area (Å²) in [4.78, 5) is 0. The van der Waals surface area contributed by atoms with Gasteiger partial charge in [-0.15, -0.1) is 0 Å². The Balaban J connectivity index is 1.92. The molecule has 1 aliphatic rings. The Hall–Kier alpha value is -1.05. The normalized spacial score (nSPS) is 22.9. The van der Waals surface area contributed by atoms with Crippen molar-refractivity contribution in [2.75, 3.05) is 12.3 Å². The van der Waals surface area contributed by atoms with Gasteiger partial charge in [-0.2, -0.15) is 17.0 Å². The first-order chi connectivity index (χ1) is 8.63. The van der Waals surface area contributed by atoms with Gasteiger partial charge in [-0.3, -0.25) is 0 Å². The largest absolute Gasteiger partial charge is 0.311 e. The van der Waals surface area contributed by atoms with Crippen molar-refractivity contribution in [1.82, 2.24) is 5.32 Å². The van der Waals surface area contributed by atoms with Crippen LogP contribution in [0.3, 0.4) is 0 Å². The zero-order valence-electron chi connectivity index (χ0n) is 10.5. The third kappa shape index (κ3) is 3.24. The fourth-order valence-corrected chi connectivity index (χ4v) is 3.49. The molecular formula is C14H17FN2S. The summed E-state index contributed by atoms with van der Waals surface area (Å²) in [6.07, 6.45) is 2.48. The second-order valence-electron chi connectivity index (χ2n) is 4.92. The SMILES string of the molecule is CC1(CNCc2cc(C#N)ccc2F)CCCS1. The van der Waals surface area contributed by atoms with Gasteiger partial charge in [0.25, 0.3) is 0 Å². The maximum absolute atomic E-state index is 13.5. The fourth-order valence-electron chi connectivity index (χ4n) is 2.22. The smallest absolute Gasteiger partial charge is 0.127 e. The maximum atomic E-state index is 13.5. The number of nitrogens with one attached hydrogen (secondary N) is 1. The second kappa shape index (κ2) is 5.73. The highest BCUT2D eigenvalue weighted by Crippen LogP contribution is 2.36. The van der Waals surface area contributed by atoms with Gasteiger partial charge < -0.3 is 5.32 Å². The zero-order chi connectivity index (χ0) is 13.0. The summed E-state index contributed by atoms with van der Waals surface area (Å²) < 4.78 is 13.8. The quantitative estimate of drug-likeness (QED) is 0.908. The molecule has 2 nitrogen and oxygen atoms in total. The van der Waals surface area contributed by atoms with Gasteiger partial charge in [-0.05, 0) is 43.7 Å². The highest BCUT2D eigenvalue weighted by atomic mass is 32.2. The Morgan fingerprint density at radius 3 is 3.06 bits per heavy atom. The van der Waals surface area contributed by atoms with Gasteiger partial charge in [0, 0.05) is 23.4 Å². The first kappa shape index (κ1) is 13.4. The van der Waals surface area contributed by atoms with Gasteiger partial charge in [0.05, 0.1) is 11.6 Å². The van der Waals surface area contributed by atoms with Crippen molar-refractivity contribution in [3.8, 4) is 6.07 Å². The van der Waals surface area contributed by atoms with Crippen LogP contribution in [0.5, 0.6) is 0 Å².